The van der Waals surface area contributed by atoms with Gasteiger partial charge in [0.1, 0.15) is 0 Å². The van der Waals surface area contributed by atoms with Crippen molar-refractivity contribution >= 4 is 26.8 Å². The van der Waals surface area contributed by atoms with E-state index in [1.807, 2.05) is 36.5 Å². The van der Waals surface area contributed by atoms with E-state index in [-0.39, 0.29) is 0 Å². The van der Waals surface area contributed by atoms with Crippen molar-refractivity contribution in [2.75, 3.05) is 0 Å². The lowest BCUT2D eigenvalue weighted by molar-refractivity contribution is 1.19. The molecule has 0 amide bonds. The smallest absolute Gasteiger partial charge is 0.0992 e. The van der Waals surface area contributed by atoms with Crippen LogP contribution in [-0.2, 0) is 6.42 Å². The van der Waals surface area contributed by atoms with Gasteiger partial charge in [0.25, 0.3) is 0 Å². The first-order valence-corrected chi connectivity index (χ1v) is 6.81. The van der Waals surface area contributed by atoms with Crippen molar-refractivity contribution in [3.63, 3.8) is 0 Å². The number of nitrogens with zero attached hydrogens (tertiary/aromatic N) is 1. The van der Waals surface area contributed by atoms with Gasteiger partial charge in [-0.15, -0.1) is 0 Å². The molecule has 0 unspecified atom stereocenters. The molecule has 0 saturated heterocycles. The molecule has 0 aliphatic heterocycles. The Bertz CT molecular complexity index is 781. The highest BCUT2D eigenvalue weighted by Gasteiger charge is 2.07. The maximum atomic E-state index is 8.91. The predicted octanol–water partition coefficient (Wildman–Crippen LogP) is 4.39. The van der Waals surface area contributed by atoms with Gasteiger partial charge < -0.3 is 4.98 Å². The fourth-order valence-electron chi connectivity index (χ4n) is 2.25. The number of hydrogen-bond acceptors (Lipinski definition) is 1. The number of nitrogens with one attached hydrogen (secondary N) is 1. The van der Waals surface area contributed by atoms with Crippen LogP contribution in [0.4, 0.5) is 0 Å². The number of hydrogen-bond donors (Lipinski definition) is 1. The Kier molecular flexibility index (Phi) is 3.10. The molecule has 0 aliphatic rings. The molecule has 92 valence electrons. The molecule has 0 aliphatic carbocycles. The molecule has 19 heavy (non-hydrogen) atoms. The second kappa shape index (κ2) is 4.91. The molecule has 0 saturated carbocycles. The molecule has 2 aromatic carbocycles. The molecular formula is C16H11BrN2. The quantitative estimate of drug-likeness (QED) is 0.749. The molecule has 1 aromatic heterocycles. The third-order valence-corrected chi connectivity index (χ3v) is 4.01. The summed E-state index contributed by atoms with van der Waals surface area (Å²) < 4.78 is 1.12. The van der Waals surface area contributed by atoms with E-state index in [1.165, 1.54) is 16.5 Å². The van der Waals surface area contributed by atoms with Crippen LogP contribution in [0.2, 0.25) is 0 Å². The molecule has 0 radical (unpaired) electrons. The number of aromatic nitrogens is 1. The molecule has 2 nitrogen and oxygen atoms in total. The van der Waals surface area contributed by atoms with Crippen LogP contribution in [0.25, 0.3) is 10.9 Å². The summed E-state index contributed by atoms with van der Waals surface area (Å²) in [5, 5.41) is 10.1. The molecular weight excluding hydrogens is 300 g/mol. The molecule has 3 heteroatoms. The van der Waals surface area contributed by atoms with Crippen molar-refractivity contribution in [3.05, 3.63) is 69.8 Å². The van der Waals surface area contributed by atoms with Crippen LogP contribution in [0.5, 0.6) is 0 Å². The molecule has 0 atom stereocenters. The molecule has 3 rings (SSSR count). The van der Waals surface area contributed by atoms with Gasteiger partial charge in [-0.25, -0.2) is 0 Å². The Labute approximate surface area is 119 Å². The zero-order valence-electron chi connectivity index (χ0n) is 10.2. The Morgan fingerprint density at radius 1 is 1.11 bits per heavy atom. The van der Waals surface area contributed by atoms with Crippen LogP contribution >= 0.6 is 15.9 Å². The maximum absolute atomic E-state index is 8.91. The zero-order valence-corrected chi connectivity index (χ0v) is 11.7. The van der Waals surface area contributed by atoms with Crippen molar-refractivity contribution in [3.8, 4) is 6.07 Å². The van der Waals surface area contributed by atoms with Crippen molar-refractivity contribution < 1.29 is 0 Å². The Morgan fingerprint density at radius 2 is 1.95 bits per heavy atom. The van der Waals surface area contributed by atoms with Crippen LogP contribution < -0.4 is 0 Å². The number of halogens is 1. The summed E-state index contributed by atoms with van der Waals surface area (Å²) in [6.07, 6.45) is 2.89. The lowest BCUT2D eigenvalue weighted by atomic mass is 10.0. The van der Waals surface area contributed by atoms with E-state index in [0.29, 0.717) is 5.56 Å². The Hall–Kier alpha value is -2.05. The van der Waals surface area contributed by atoms with Gasteiger partial charge in [0.05, 0.1) is 11.6 Å². The highest BCUT2D eigenvalue weighted by molar-refractivity contribution is 9.10. The third-order valence-electron chi connectivity index (χ3n) is 3.24. The van der Waals surface area contributed by atoms with Crippen molar-refractivity contribution in [2.45, 2.75) is 6.42 Å². The number of fused-ring (bicyclic) bond motifs is 1. The molecule has 1 N–H and O–H groups in total. The van der Waals surface area contributed by atoms with Crippen LogP contribution in [-0.4, -0.2) is 4.98 Å². The largest absolute Gasteiger partial charge is 0.361 e. The van der Waals surface area contributed by atoms with Crippen molar-refractivity contribution in [1.82, 2.24) is 4.98 Å². The van der Waals surface area contributed by atoms with Gasteiger partial charge in [-0.2, -0.15) is 5.26 Å². The van der Waals surface area contributed by atoms with Gasteiger partial charge in [-0.1, -0.05) is 40.2 Å². The molecule has 1 heterocycles. The van der Waals surface area contributed by atoms with Gasteiger partial charge in [0.15, 0.2) is 0 Å². The van der Waals surface area contributed by atoms with Gasteiger partial charge in [-0.05, 0) is 29.3 Å². The Morgan fingerprint density at radius 3 is 2.74 bits per heavy atom. The van der Waals surface area contributed by atoms with E-state index < -0.39 is 0 Å². The minimum absolute atomic E-state index is 0.682. The second-order valence-electron chi connectivity index (χ2n) is 4.45. The summed E-state index contributed by atoms with van der Waals surface area (Å²) >= 11 is 3.58. The average molecular weight is 311 g/mol. The monoisotopic (exact) mass is 310 g/mol. The first-order chi connectivity index (χ1) is 9.28. The maximum Gasteiger partial charge on any atom is 0.0992 e. The van der Waals surface area contributed by atoms with E-state index in [1.54, 1.807) is 0 Å². The van der Waals surface area contributed by atoms with Crippen LogP contribution in [0, 0.1) is 11.3 Å². The summed E-state index contributed by atoms with van der Waals surface area (Å²) in [4.78, 5) is 3.24. The first-order valence-electron chi connectivity index (χ1n) is 6.01. The van der Waals surface area contributed by atoms with Crippen molar-refractivity contribution in [2.24, 2.45) is 0 Å². The third kappa shape index (κ3) is 2.27. The summed E-state index contributed by atoms with van der Waals surface area (Å²) in [6, 6.07) is 16.2. The van der Waals surface area contributed by atoms with E-state index in [2.05, 4.69) is 39.1 Å². The fourth-order valence-corrected chi connectivity index (χ4v) is 2.67. The number of aromatic amines is 1. The number of benzene rings is 2. The van der Waals surface area contributed by atoms with E-state index in [0.717, 1.165) is 16.4 Å². The number of rotatable bonds is 2. The second-order valence-corrected chi connectivity index (χ2v) is 5.31. The molecule has 3 aromatic rings. The topological polar surface area (TPSA) is 39.6 Å². The van der Waals surface area contributed by atoms with Gasteiger partial charge in [-0.3, -0.25) is 0 Å². The van der Waals surface area contributed by atoms with E-state index in [9.17, 15) is 0 Å². The van der Waals surface area contributed by atoms with E-state index in [4.69, 9.17) is 5.26 Å². The van der Waals surface area contributed by atoms with Crippen LogP contribution in [0.1, 0.15) is 16.7 Å². The molecule has 0 fully saturated rings. The van der Waals surface area contributed by atoms with Crippen LogP contribution in [0.15, 0.2) is 53.1 Å². The predicted molar refractivity (Wildman–Crippen MR) is 80.0 cm³/mol. The average Bonchev–Trinajstić information content (AvgIpc) is 2.83. The van der Waals surface area contributed by atoms with Gasteiger partial charge in [0.2, 0.25) is 0 Å². The number of H-pyrrole nitrogens is 1. The zero-order chi connectivity index (χ0) is 13.2. The minimum Gasteiger partial charge on any atom is -0.361 e. The van der Waals surface area contributed by atoms with Gasteiger partial charge in [0, 0.05) is 28.0 Å². The fraction of sp³-hybridized carbons (Fsp3) is 0.0625. The van der Waals surface area contributed by atoms with Gasteiger partial charge >= 0.3 is 0 Å². The summed E-state index contributed by atoms with van der Waals surface area (Å²) in [6.45, 7) is 0. The van der Waals surface area contributed by atoms with E-state index >= 15 is 0 Å². The Balaban J connectivity index is 2.03. The lowest BCUT2D eigenvalue weighted by Gasteiger charge is -2.03. The first kappa shape index (κ1) is 12.0. The normalized spacial score (nSPS) is 10.5. The minimum atomic E-state index is 0.682. The molecule has 0 spiro atoms. The summed E-state index contributed by atoms with van der Waals surface area (Å²) in [5.74, 6) is 0. The summed E-state index contributed by atoms with van der Waals surface area (Å²) in [7, 11) is 0. The highest BCUT2D eigenvalue weighted by atomic mass is 79.9. The molecule has 0 bridgehead atoms. The van der Waals surface area contributed by atoms with Crippen LogP contribution in [0.3, 0.4) is 0 Å². The standard InChI is InChI=1S/C16H11BrN2/c17-15-4-2-1-3-12(15)8-13-10-19-16-7-11(9-18)5-6-14(13)16/h1-7,10,19H,8H2. The number of nitriles is 1. The highest BCUT2D eigenvalue weighted by Crippen LogP contribution is 2.25. The summed E-state index contributed by atoms with van der Waals surface area (Å²) in [5.41, 5.74) is 4.20. The SMILES string of the molecule is N#Cc1ccc2c(Cc3ccccc3Br)c[nH]c2c1. The van der Waals surface area contributed by atoms with Crippen molar-refractivity contribution in [1.29, 1.82) is 5.26 Å². The lowest BCUT2D eigenvalue weighted by Crippen LogP contribution is -1.88.